The molecule has 0 unspecified atom stereocenters. The molecule has 0 aliphatic heterocycles. The van der Waals surface area contributed by atoms with Crippen molar-refractivity contribution in [3.05, 3.63) is 75.3 Å². The molecule has 0 radical (unpaired) electrons. The van der Waals surface area contributed by atoms with Gasteiger partial charge in [0.2, 0.25) is 0 Å². The fraction of sp³-hybridized carbons (Fsp3) is 0.0625. The van der Waals surface area contributed by atoms with Crippen LogP contribution < -0.4 is 0 Å². The molecule has 0 amide bonds. The summed E-state index contributed by atoms with van der Waals surface area (Å²) in [5, 5.41) is 0.604. The maximum atomic E-state index is 12.6. The fourth-order valence-corrected chi connectivity index (χ4v) is 2.13. The van der Waals surface area contributed by atoms with Crippen LogP contribution in [0.25, 0.3) is 6.08 Å². The molecule has 22 heavy (non-hydrogen) atoms. The third-order valence-corrected chi connectivity index (χ3v) is 3.70. The Kier molecular flexibility index (Phi) is 4.94. The van der Waals surface area contributed by atoms with Gasteiger partial charge in [0, 0.05) is 5.56 Å². The topological polar surface area (TPSA) is 17.1 Å². The van der Waals surface area contributed by atoms with Crippen molar-refractivity contribution in [2.75, 3.05) is 0 Å². The Bertz CT molecular complexity index is 736. The van der Waals surface area contributed by atoms with Crippen LogP contribution in [-0.2, 0) is 6.18 Å². The van der Waals surface area contributed by atoms with E-state index in [2.05, 4.69) is 0 Å². The van der Waals surface area contributed by atoms with E-state index in [4.69, 9.17) is 23.2 Å². The van der Waals surface area contributed by atoms with Gasteiger partial charge in [-0.15, -0.1) is 0 Å². The molecule has 0 saturated heterocycles. The van der Waals surface area contributed by atoms with Gasteiger partial charge in [0.1, 0.15) is 0 Å². The van der Waals surface area contributed by atoms with E-state index >= 15 is 0 Å². The average molecular weight is 345 g/mol. The highest BCUT2D eigenvalue weighted by Crippen LogP contribution is 2.30. The van der Waals surface area contributed by atoms with Gasteiger partial charge in [-0.1, -0.05) is 47.5 Å². The highest BCUT2D eigenvalue weighted by Gasteiger charge is 2.30. The predicted octanol–water partition coefficient (Wildman–Crippen LogP) is 5.91. The second-order valence-corrected chi connectivity index (χ2v) is 5.20. The van der Waals surface area contributed by atoms with E-state index in [1.807, 2.05) is 0 Å². The normalized spacial score (nSPS) is 11.9. The summed E-state index contributed by atoms with van der Waals surface area (Å²) in [5.41, 5.74) is -0.411. The van der Waals surface area contributed by atoms with Crippen LogP contribution in [0.5, 0.6) is 0 Å². The van der Waals surface area contributed by atoms with Crippen molar-refractivity contribution in [2.24, 2.45) is 0 Å². The largest absolute Gasteiger partial charge is 0.416 e. The lowest BCUT2D eigenvalue weighted by Gasteiger charge is -2.07. The van der Waals surface area contributed by atoms with Gasteiger partial charge < -0.3 is 0 Å². The Morgan fingerprint density at radius 2 is 1.73 bits per heavy atom. The van der Waals surface area contributed by atoms with Gasteiger partial charge in [0.25, 0.3) is 0 Å². The fourth-order valence-electron chi connectivity index (χ4n) is 1.76. The molecule has 2 rings (SSSR count). The first kappa shape index (κ1) is 16.6. The molecule has 6 heteroatoms. The van der Waals surface area contributed by atoms with Gasteiger partial charge in [-0.25, -0.2) is 0 Å². The summed E-state index contributed by atoms with van der Waals surface area (Å²) in [5.74, 6) is -0.554. The smallest absolute Gasteiger partial charge is 0.289 e. The predicted molar refractivity (Wildman–Crippen MR) is 81.3 cm³/mol. The molecule has 1 nitrogen and oxygen atoms in total. The van der Waals surface area contributed by atoms with Crippen LogP contribution in [0.2, 0.25) is 10.0 Å². The van der Waals surface area contributed by atoms with Crippen LogP contribution in [0.1, 0.15) is 21.5 Å². The van der Waals surface area contributed by atoms with Gasteiger partial charge in [-0.2, -0.15) is 13.2 Å². The number of rotatable bonds is 3. The second-order valence-electron chi connectivity index (χ2n) is 4.42. The van der Waals surface area contributed by atoms with Crippen molar-refractivity contribution in [1.82, 2.24) is 0 Å². The summed E-state index contributed by atoms with van der Waals surface area (Å²) in [6.07, 6.45) is -1.92. The Morgan fingerprint density at radius 3 is 2.41 bits per heavy atom. The molecule has 0 N–H and O–H groups in total. The summed E-state index contributed by atoms with van der Waals surface area (Å²) >= 11 is 11.8. The first-order valence-electron chi connectivity index (χ1n) is 6.13. The van der Waals surface area contributed by atoms with Crippen LogP contribution in [0.3, 0.4) is 0 Å². The molecule has 2 aromatic rings. The molecule has 0 atom stereocenters. The van der Waals surface area contributed by atoms with Crippen molar-refractivity contribution in [3.63, 3.8) is 0 Å². The van der Waals surface area contributed by atoms with Crippen LogP contribution in [0.15, 0.2) is 48.5 Å². The van der Waals surface area contributed by atoms with Gasteiger partial charge >= 0.3 is 6.18 Å². The molecule has 0 aliphatic carbocycles. The Labute approximate surface area is 135 Å². The summed E-state index contributed by atoms with van der Waals surface area (Å²) in [4.78, 5) is 12.0. The van der Waals surface area contributed by atoms with E-state index in [0.29, 0.717) is 10.6 Å². The quantitative estimate of drug-likeness (QED) is 0.499. The van der Waals surface area contributed by atoms with Gasteiger partial charge in [0.05, 0.1) is 15.6 Å². The maximum Gasteiger partial charge on any atom is 0.416 e. The van der Waals surface area contributed by atoms with Crippen molar-refractivity contribution in [2.45, 2.75) is 6.18 Å². The third kappa shape index (κ3) is 3.90. The SMILES string of the molecule is O=C(C=Cc1cccc(Cl)c1Cl)c1cccc(C(F)(F)F)c1. The lowest BCUT2D eigenvalue weighted by molar-refractivity contribution is -0.137. The summed E-state index contributed by atoms with van der Waals surface area (Å²) in [6, 6.07) is 9.13. The summed E-state index contributed by atoms with van der Waals surface area (Å²) < 4.78 is 37.9. The van der Waals surface area contributed by atoms with Gasteiger partial charge in [-0.3, -0.25) is 4.79 Å². The molecule has 0 fully saturated rings. The molecule has 0 aliphatic rings. The van der Waals surface area contributed by atoms with Crippen molar-refractivity contribution < 1.29 is 18.0 Å². The molecular formula is C16H9Cl2F3O. The molecule has 0 saturated carbocycles. The number of halogens is 5. The van der Waals surface area contributed by atoms with Crippen LogP contribution in [0.4, 0.5) is 13.2 Å². The van der Waals surface area contributed by atoms with E-state index in [1.165, 1.54) is 18.2 Å². The molecule has 0 bridgehead atoms. The van der Waals surface area contributed by atoms with Gasteiger partial charge in [0.15, 0.2) is 5.78 Å². The van der Waals surface area contributed by atoms with Crippen LogP contribution >= 0.6 is 23.2 Å². The number of hydrogen-bond donors (Lipinski definition) is 0. The molecule has 0 spiro atoms. The first-order valence-corrected chi connectivity index (χ1v) is 6.88. The summed E-state index contributed by atoms with van der Waals surface area (Å²) in [6.45, 7) is 0. The van der Waals surface area contributed by atoms with Gasteiger partial charge in [-0.05, 0) is 35.9 Å². The Hall–Kier alpha value is -1.78. The van der Waals surface area contributed by atoms with Crippen molar-refractivity contribution in [3.8, 4) is 0 Å². The summed E-state index contributed by atoms with van der Waals surface area (Å²) in [7, 11) is 0. The lowest BCUT2D eigenvalue weighted by atomic mass is 10.1. The van der Waals surface area contributed by atoms with Crippen molar-refractivity contribution >= 4 is 35.1 Å². The monoisotopic (exact) mass is 344 g/mol. The van der Waals surface area contributed by atoms with Crippen LogP contribution in [-0.4, -0.2) is 5.78 Å². The minimum atomic E-state index is -4.49. The van der Waals surface area contributed by atoms with E-state index in [-0.39, 0.29) is 10.6 Å². The van der Waals surface area contributed by atoms with E-state index < -0.39 is 17.5 Å². The number of carbonyl (C=O) groups excluding carboxylic acids is 1. The van der Waals surface area contributed by atoms with Crippen molar-refractivity contribution in [1.29, 1.82) is 0 Å². The van der Waals surface area contributed by atoms with E-state index in [9.17, 15) is 18.0 Å². The van der Waals surface area contributed by atoms with Crippen LogP contribution in [0, 0.1) is 0 Å². The van der Waals surface area contributed by atoms with E-state index in [0.717, 1.165) is 18.2 Å². The molecule has 0 heterocycles. The molecule has 114 valence electrons. The Balaban J connectivity index is 2.26. The number of hydrogen-bond acceptors (Lipinski definition) is 1. The number of carbonyl (C=O) groups is 1. The lowest BCUT2D eigenvalue weighted by Crippen LogP contribution is -2.06. The number of benzene rings is 2. The Morgan fingerprint density at radius 1 is 1.05 bits per heavy atom. The second kappa shape index (κ2) is 6.55. The standard InChI is InChI=1S/C16H9Cl2F3O/c17-13-6-2-3-10(15(13)18)7-8-14(22)11-4-1-5-12(9-11)16(19,20)21/h1-9H. The zero-order valence-corrected chi connectivity index (χ0v) is 12.5. The maximum absolute atomic E-state index is 12.6. The minimum absolute atomic E-state index is 0.0516. The number of allylic oxidation sites excluding steroid dienone is 1. The average Bonchev–Trinajstić information content (AvgIpc) is 2.48. The minimum Gasteiger partial charge on any atom is -0.289 e. The number of ketones is 1. The zero-order valence-electron chi connectivity index (χ0n) is 11.0. The molecular weight excluding hydrogens is 336 g/mol. The highest BCUT2D eigenvalue weighted by molar-refractivity contribution is 6.42. The third-order valence-electron chi connectivity index (χ3n) is 2.87. The zero-order chi connectivity index (χ0) is 16.3. The molecule has 0 aromatic heterocycles. The van der Waals surface area contributed by atoms with E-state index in [1.54, 1.807) is 18.2 Å². The first-order chi connectivity index (χ1) is 10.3. The molecule has 2 aromatic carbocycles. The highest BCUT2D eigenvalue weighted by atomic mass is 35.5. The number of alkyl halides is 3.